The molecule has 0 aliphatic rings. The van der Waals surface area contributed by atoms with Crippen LogP contribution in [-0.2, 0) is 17.5 Å². The molecule has 0 heterocycles. The Hall–Kier alpha value is -1.27. The molecule has 0 saturated carbocycles. The molecule has 0 saturated heterocycles. The van der Waals surface area contributed by atoms with Crippen LogP contribution in [0, 0.1) is 0 Å². The summed E-state index contributed by atoms with van der Waals surface area (Å²) in [7, 11) is 1.47. The average Bonchev–Trinajstić information content (AvgIpc) is 2.36. The highest BCUT2D eigenvalue weighted by Gasteiger charge is 2.34. The molecule has 0 radical (unpaired) electrons. The first-order valence-electron chi connectivity index (χ1n) is 6.40. The van der Waals surface area contributed by atoms with Crippen molar-refractivity contribution in [3.05, 3.63) is 29.3 Å². The number of nitrogens with one attached hydrogen (secondary N) is 1. The highest BCUT2D eigenvalue weighted by Crippen LogP contribution is 2.36. The van der Waals surface area contributed by atoms with E-state index in [9.17, 15) is 13.2 Å². The molecule has 0 bridgehead atoms. The summed E-state index contributed by atoms with van der Waals surface area (Å²) in [5, 5.41) is 3.08. The zero-order valence-electron chi connectivity index (χ0n) is 11.9. The monoisotopic (exact) mass is 291 g/mol. The number of rotatable bonds is 7. The first-order valence-corrected chi connectivity index (χ1v) is 6.40. The number of benzene rings is 1. The zero-order valence-corrected chi connectivity index (χ0v) is 11.9. The van der Waals surface area contributed by atoms with E-state index in [1.165, 1.54) is 13.2 Å². The van der Waals surface area contributed by atoms with E-state index in [0.29, 0.717) is 12.1 Å². The predicted octanol–water partition coefficient (Wildman–Crippen LogP) is 3.23. The Morgan fingerprint density at radius 3 is 2.45 bits per heavy atom. The lowest BCUT2D eigenvalue weighted by Gasteiger charge is -2.16. The first-order chi connectivity index (χ1) is 9.34. The largest absolute Gasteiger partial charge is 0.491 e. The summed E-state index contributed by atoms with van der Waals surface area (Å²) in [5.41, 5.74) is -0.179. The Labute approximate surface area is 117 Å². The summed E-state index contributed by atoms with van der Waals surface area (Å²) < 4.78 is 48.9. The van der Waals surface area contributed by atoms with E-state index in [1.54, 1.807) is 6.07 Å². The summed E-state index contributed by atoms with van der Waals surface area (Å²) in [6.45, 7) is 4.59. The minimum Gasteiger partial charge on any atom is -0.491 e. The molecule has 6 heteroatoms. The Balaban J connectivity index is 2.89. The number of halogens is 3. The van der Waals surface area contributed by atoms with Gasteiger partial charge >= 0.3 is 6.18 Å². The zero-order chi connectivity index (χ0) is 15.2. The molecule has 0 fully saturated rings. The van der Waals surface area contributed by atoms with Gasteiger partial charge in [-0.25, -0.2) is 0 Å². The van der Waals surface area contributed by atoms with Crippen LogP contribution in [-0.4, -0.2) is 26.4 Å². The lowest BCUT2D eigenvalue weighted by Crippen LogP contribution is -2.22. The molecular weight excluding hydrogens is 271 g/mol. The molecular formula is C14H20F3NO2. The van der Waals surface area contributed by atoms with Gasteiger partial charge < -0.3 is 14.8 Å². The number of ether oxygens (including phenoxy) is 2. The van der Waals surface area contributed by atoms with Gasteiger partial charge in [0, 0.05) is 19.7 Å². The number of alkyl halides is 3. The van der Waals surface area contributed by atoms with E-state index in [4.69, 9.17) is 9.47 Å². The highest BCUT2D eigenvalue weighted by atomic mass is 19.4. The van der Waals surface area contributed by atoms with Crippen molar-refractivity contribution in [2.75, 3.05) is 20.3 Å². The molecule has 1 rings (SSSR count). The van der Waals surface area contributed by atoms with Crippen molar-refractivity contribution in [2.45, 2.75) is 32.6 Å². The number of hydrogen-bond acceptors (Lipinski definition) is 3. The quantitative estimate of drug-likeness (QED) is 0.782. The lowest BCUT2D eigenvalue weighted by atomic mass is 10.1. The van der Waals surface area contributed by atoms with Gasteiger partial charge in [0.25, 0.3) is 0 Å². The first kappa shape index (κ1) is 16.8. The van der Waals surface area contributed by atoms with Crippen LogP contribution in [0.1, 0.15) is 25.0 Å². The molecule has 0 aliphatic carbocycles. The Morgan fingerprint density at radius 1 is 1.20 bits per heavy atom. The second-order valence-electron chi connectivity index (χ2n) is 4.71. The van der Waals surface area contributed by atoms with Crippen molar-refractivity contribution in [3.8, 4) is 5.75 Å². The van der Waals surface area contributed by atoms with E-state index in [1.807, 2.05) is 13.8 Å². The van der Waals surface area contributed by atoms with Crippen LogP contribution in [0.3, 0.4) is 0 Å². The average molecular weight is 291 g/mol. The second-order valence-corrected chi connectivity index (χ2v) is 4.71. The number of hydrogen-bond donors (Lipinski definition) is 1. The topological polar surface area (TPSA) is 30.5 Å². The van der Waals surface area contributed by atoms with Gasteiger partial charge in [-0.1, -0.05) is 19.9 Å². The van der Waals surface area contributed by atoms with E-state index in [0.717, 1.165) is 6.07 Å². The summed E-state index contributed by atoms with van der Waals surface area (Å²) >= 11 is 0. The van der Waals surface area contributed by atoms with Crippen LogP contribution in [0.25, 0.3) is 0 Å². The van der Waals surface area contributed by atoms with Crippen LogP contribution < -0.4 is 10.1 Å². The lowest BCUT2D eigenvalue weighted by molar-refractivity contribution is -0.139. The molecule has 0 spiro atoms. The van der Waals surface area contributed by atoms with Crippen molar-refractivity contribution in [1.82, 2.24) is 5.32 Å². The maximum atomic E-state index is 13.0. The normalized spacial score (nSPS) is 11.9. The minimum absolute atomic E-state index is 0.0865. The molecule has 114 valence electrons. The molecule has 1 N–H and O–H groups in total. The summed E-state index contributed by atoms with van der Waals surface area (Å²) in [6, 6.07) is 4.32. The maximum absolute atomic E-state index is 13.0. The molecule has 3 nitrogen and oxygen atoms in total. The fourth-order valence-corrected chi connectivity index (χ4v) is 1.59. The van der Waals surface area contributed by atoms with Gasteiger partial charge in [-0.15, -0.1) is 0 Å². The third-order valence-electron chi connectivity index (χ3n) is 2.61. The summed E-state index contributed by atoms with van der Waals surface area (Å²) in [6.07, 6.45) is -4.43. The van der Waals surface area contributed by atoms with Crippen molar-refractivity contribution in [3.63, 3.8) is 0 Å². The van der Waals surface area contributed by atoms with Gasteiger partial charge in [-0.05, 0) is 17.7 Å². The van der Waals surface area contributed by atoms with Gasteiger partial charge in [0.1, 0.15) is 12.4 Å². The van der Waals surface area contributed by atoms with E-state index < -0.39 is 11.7 Å². The highest BCUT2D eigenvalue weighted by molar-refractivity contribution is 5.39. The van der Waals surface area contributed by atoms with Gasteiger partial charge in [0.2, 0.25) is 0 Å². The van der Waals surface area contributed by atoms with Crippen molar-refractivity contribution >= 4 is 0 Å². The fourth-order valence-electron chi connectivity index (χ4n) is 1.59. The van der Waals surface area contributed by atoms with Crippen molar-refractivity contribution < 1.29 is 22.6 Å². The molecule has 0 aromatic heterocycles. The molecule has 0 unspecified atom stereocenters. The fraction of sp³-hybridized carbons (Fsp3) is 0.571. The molecule has 0 atom stereocenters. The van der Waals surface area contributed by atoms with Crippen molar-refractivity contribution in [2.24, 2.45) is 0 Å². The Kier molecular flexibility index (Phi) is 6.29. The number of methoxy groups -OCH3 is 1. The third-order valence-corrected chi connectivity index (χ3v) is 2.61. The van der Waals surface area contributed by atoms with Crippen LogP contribution >= 0.6 is 0 Å². The van der Waals surface area contributed by atoms with Crippen LogP contribution in [0.5, 0.6) is 5.75 Å². The van der Waals surface area contributed by atoms with E-state index >= 15 is 0 Å². The Bertz CT molecular complexity index is 419. The predicted molar refractivity (Wildman–Crippen MR) is 70.8 cm³/mol. The van der Waals surface area contributed by atoms with Gasteiger partial charge in [-0.3, -0.25) is 0 Å². The summed E-state index contributed by atoms with van der Waals surface area (Å²) in [4.78, 5) is 0. The van der Waals surface area contributed by atoms with Crippen LogP contribution in [0.15, 0.2) is 18.2 Å². The maximum Gasteiger partial charge on any atom is 0.419 e. The van der Waals surface area contributed by atoms with Crippen LogP contribution in [0.4, 0.5) is 13.2 Å². The second kappa shape index (κ2) is 7.50. The van der Waals surface area contributed by atoms with E-state index in [-0.39, 0.29) is 25.0 Å². The smallest absolute Gasteiger partial charge is 0.419 e. The van der Waals surface area contributed by atoms with Gasteiger partial charge in [0.05, 0.1) is 12.2 Å². The minimum atomic E-state index is -4.43. The summed E-state index contributed by atoms with van der Waals surface area (Å²) in [5.74, 6) is -0.164. The van der Waals surface area contributed by atoms with Gasteiger partial charge in [-0.2, -0.15) is 13.2 Å². The van der Waals surface area contributed by atoms with E-state index in [2.05, 4.69) is 5.32 Å². The standard InChI is InChI=1S/C14H20F3NO2/c1-10(2)18-9-11-4-5-13(20-7-6-19-3)12(8-11)14(15,16)17/h4-5,8,10,18H,6-7,9H2,1-3H3. The van der Waals surface area contributed by atoms with Crippen LogP contribution in [0.2, 0.25) is 0 Å². The van der Waals surface area contributed by atoms with Gasteiger partial charge in [0.15, 0.2) is 0 Å². The molecule has 0 amide bonds. The molecule has 1 aromatic carbocycles. The Morgan fingerprint density at radius 2 is 1.90 bits per heavy atom. The molecule has 20 heavy (non-hydrogen) atoms. The molecule has 1 aromatic rings. The molecule has 0 aliphatic heterocycles. The van der Waals surface area contributed by atoms with Crippen molar-refractivity contribution in [1.29, 1.82) is 0 Å². The third kappa shape index (κ3) is 5.38. The SMILES string of the molecule is COCCOc1ccc(CNC(C)C)cc1C(F)(F)F.